The Morgan fingerprint density at radius 2 is 1.73 bits per heavy atom. The first-order valence-corrected chi connectivity index (χ1v) is 6.59. The summed E-state index contributed by atoms with van der Waals surface area (Å²) >= 11 is 0. The fraction of sp³-hybridized carbons (Fsp3) is 0.400. The molecule has 0 aromatic heterocycles. The normalized spacial score (nSPS) is 12.9. The molecule has 7 nitrogen and oxygen atoms in total. The van der Waals surface area contributed by atoms with Crippen molar-refractivity contribution < 1.29 is 29.0 Å². The molecule has 0 aliphatic heterocycles. The van der Waals surface area contributed by atoms with Crippen LogP contribution >= 0.6 is 0 Å². The molecule has 0 saturated heterocycles. The van der Waals surface area contributed by atoms with Crippen LogP contribution in [-0.4, -0.2) is 42.8 Å². The zero-order chi connectivity index (χ0) is 16.6. The standard InChI is InChI=1S/C15H19NO6/c1-21-13(18)9-15(20,14(19)22-2)8-12(17)16-10-11-6-4-3-5-7-11/h3-7,20H,8-10H2,1-2H3,(H,16,17). The van der Waals surface area contributed by atoms with E-state index in [1.807, 2.05) is 30.3 Å². The summed E-state index contributed by atoms with van der Waals surface area (Å²) < 4.78 is 8.86. The molecule has 0 aliphatic carbocycles. The number of benzene rings is 1. The lowest BCUT2D eigenvalue weighted by molar-refractivity contribution is -0.171. The van der Waals surface area contributed by atoms with Crippen molar-refractivity contribution in [3.63, 3.8) is 0 Å². The zero-order valence-electron chi connectivity index (χ0n) is 12.5. The van der Waals surface area contributed by atoms with Gasteiger partial charge in [0.1, 0.15) is 0 Å². The molecule has 1 atom stereocenters. The minimum atomic E-state index is -2.25. The quantitative estimate of drug-likeness (QED) is 0.696. The summed E-state index contributed by atoms with van der Waals surface area (Å²) in [6.45, 7) is 0.245. The minimum absolute atomic E-state index is 0.245. The molecule has 1 rings (SSSR count). The maximum atomic E-state index is 11.9. The third-order valence-corrected chi connectivity index (χ3v) is 3.02. The topological polar surface area (TPSA) is 102 Å². The highest BCUT2D eigenvalue weighted by Crippen LogP contribution is 2.18. The number of nitrogens with one attached hydrogen (secondary N) is 1. The van der Waals surface area contributed by atoms with Crippen LogP contribution in [0.3, 0.4) is 0 Å². The van der Waals surface area contributed by atoms with Crippen molar-refractivity contribution >= 4 is 17.8 Å². The second-order valence-corrected chi connectivity index (χ2v) is 4.72. The fourth-order valence-electron chi connectivity index (χ4n) is 1.83. The number of carbonyl (C=O) groups excluding carboxylic acids is 3. The zero-order valence-corrected chi connectivity index (χ0v) is 12.5. The Morgan fingerprint density at radius 1 is 1.09 bits per heavy atom. The first kappa shape index (κ1) is 17.6. The Bertz CT molecular complexity index is 530. The van der Waals surface area contributed by atoms with E-state index in [1.165, 1.54) is 0 Å². The summed E-state index contributed by atoms with van der Waals surface area (Å²) in [6.07, 6.45) is -1.25. The van der Waals surface area contributed by atoms with Crippen LogP contribution in [0.25, 0.3) is 0 Å². The summed E-state index contributed by atoms with van der Waals surface area (Å²) in [4.78, 5) is 34.8. The molecule has 1 unspecified atom stereocenters. The van der Waals surface area contributed by atoms with Gasteiger partial charge in [-0.1, -0.05) is 30.3 Å². The van der Waals surface area contributed by atoms with Gasteiger partial charge in [0.15, 0.2) is 5.60 Å². The first-order chi connectivity index (χ1) is 10.4. The molecular weight excluding hydrogens is 290 g/mol. The van der Waals surface area contributed by atoms with E-state index >= 15 is 0 Å². The van der Waals surface area contributed by atoms with E-state index in [9.17, 15) is 19.5 Å². The van der Waals surface area contributed by atoms with Crippen LogP contribution in [0.5, 0.6) is 0 Å². The average molecular weight is 309 g/mol. The number of hydrogen-bond acceptors (Lipinski definition) is 6. The van der Waals surface area contributed by atoms with E-state index in [-0.39, 0.29) is 6.54 Å². The second kappa shape index (κ2) is 8.14. The Labute approximate surface area is 128 Å². The Kier molecular flexibility index (Phi) is 6.52. The van der Waals surface area contributed by atoms with Crippen LogP contribution in [0.15, 0.2) is 30.3 Å². The van der Waals surface area contributed by atoms with Crippen molar-refractivity contribution in [3.8, 4) is 0 Å². The van der Waals surface area contributed by atoms with E-state index in [4.69, 9.17) is 0 Å². The van der Waals surface area contributed by atoms with Gasteiger partial charge in [0.05, 0.1) is 27.1 Å². The summed E-state index contributed by atoms with van der Waals surface area (Å²) in [5.74, 6) is -2.46. The van der Waals surface area contributed by atoms with Crippen molar-refractivity contribution in [2.24, 2.45) is 0 Å². The third kappa shape index (κ3) is 5.17. The largest absolute Gasteiger partial charge is 0.469 e. The van der Waals surface area contributed by atoms with Gasteiger partial charge >= 0.3 is 11.9 Å². The highest BCUT2D eigenvalue weighted by Gasteiger charge is 2.42. The number of methoxy groups -OCH3 is 2. The van der Waals surface area contributed by atoms with Crippen LogP contribution < -0.4 is 5.32 Å². The van der Waals surface area contributed by atoms with Crippen molar-refractivity contribution in [1.82, 2.24) is 5.32 Å². The van der Waals surface area contributed by atoms with Gasteiger partial charge in [0, 0.05) is 6.54 Å². The second-order valence-electron chi connectivity index (χ2n) is 4.72. The van der Waals surface area contributed by atoms with Gasteiger partial charge in [-0.05, 0) is 5.56 Å². The summed E-state index contributed by atoms with van der Waals surface area (Å²) in [6, 6.07) is 9.13. The van der Waals surface area contributed by atoms with Crippen LogP contribution in [0.2, 0.25) is 0 Å². The monoisotopic (exact) mass is 309 g/mol. The summed E-state index contributed by atoms with van der Waals surface area (Å²) in [5.41, 5.74) is -1.38. The number of aliphatic hydroxyl groups is 1. The van der Waals surface area contributed by atoms with Gasteiger partial charge in [-0.3, -0.25) is 9.59 Å². The molecular formula is C15H19NO6. The Balaban J connectivity index is 2.66. The van der Waals surface area contributed by atoms with E-state index in [2.05, 4.69) is 14.8 Å². The van der Waals surface area contributed by atoms with Crippen LogP contribution in [0.1, 0.15) is 18.4 Å². The molecule has 0 radical (unpaired) electrons. The molecule has 120 valence electrons. The van der Waals surface area contributed by atoms with Crippen molar-refractivity contribution in [1.29, 1.82) is 0 Å². The minimum Gasteiger partial charge on any atom is -0.469 e. The van der Waals surface area contributed by atoms with Crippen molar-refractivity contribution in [2.45, 2.75) is 25.0 Å². The molecule has 7 heteroatoms. The highest BCUT2D eigenvalue weighted by molar-refractivity contribution is 5.91. The van der Waals surface area contributed by atoms with E-state index in [0.717, 1.165) is 19.8 Å². The van der Waals surface area contributed by atoms with Crippen molar-refractivity contribution in [3.05, 3.63) is 35.9 Å². The summed E-state index contributed by atoms with van der Waals surface area (Å²) in [7, 11) is 2.18. The molecule has 0 bridgehead atoms. The molecule has 1 amide bonds. The molecule has 1 aromatic carbocycles. The van der Waals surface area contributed by atoms with Crippen LogP contribution in [0, 0.1) is 0 Å². The Morgan fingerprint density at radius 3 is 2.27 bits per heavy atom. The van der Waals surface area contributed by atoms with Gasteiger partial charge in [0.25, 0.3) is 0 Å². The predicted octanol–water partition coefficient (Wildman–Crippen LogP) is 0.160. The molecule has 1 aromatic rings. The third-order valence-electron chi connectivity index (χ3n) is 3.02. The van der Waals surface area contributed by atoms with Crippen molar-refractivity contribution in [2.75, 3.05) is 14.2 Å². The molecule has 2 N–H and O–H groups in total. The van der Waals surface area contributed by atoms with Gasteiger partial charge < -0.3 is 19.9 Å². The molecule has 22 heavy (non-hydrogen) atoms. The number of esters is 2. The van der Waals surface area contributed by atoms with E-state index in [1.54, 1.807) is 0 Å². The Hall–Kier alpha value is -2.41. The van der Waals surface area contributed by atoms with E-state index < -0.39 is 36.3 Å². The van der Waals surface area contributed by atoms with Crippen LogP contribution in [0.4, 0.5) is 0 Å². The molecule has 0 spiro atoms. The van der Waals surface area contributed by atoms with Gasteiger partial charge in [-0.2, -0.15) is 0 Å². The lowest BCUT2D eigenvalue weighted by atomic mass is 9.95. The first-order valence-electron chi connectivity index (χ1n) is 6.59. The van der Waals surface area contributed by atoms with Gasteiger partial charge in [0.2, 0.25) is 5.91 Å². The SMILES string of the molecule is COC(=O)CC(O)(CC(=O)NCc1ccccc1)C(=O)OC. The molecule has 0 heterocycles. The molecule has 0 aliphatic rings. The maximum absolute atomic E-state index is 11.9. The van der Waals surface area contributed by atoms with Gasteiger partial charge in [-0.15, -0.1) is 0 Å². The lowest BCUT2D eigenvalue weighted by Gasteiger charge is -2.23. The van der Waals surface area contributed by atoms with E-state index in [0.29, 0.717) is 0 Å². The number of carbonyl (C=O) groups is 3. The fourth-order valence-corrected chi connectivity index (χ4v) is 1.83. The van der Waals surface area contributed by atoms with Gasteiger partial charge in [-0.25, -0.2) is 4.79 Å². The number of hydrogen-bond donors (Lipinski definition) is 2. The average Bonchev–Trinajstić information content (AvgIpc) is 2.52. The molecule has 0 fully saturated rings. The lowest BCUT2D eigenvalue weighted by Crippen LogP contribution is -2.46. The molecule has 0 saturated carbocycles. The smallest absolute Gasteiger partial charge is 0.339 e. The number of amides is 1. The number of ether oxygens (including phenoxy) is 2. The van der Waals surface area contributed by atoms with Crippen LogP contribution in [-0.2, 0) is 30.4 Å². The predicted molar refractivity (Wildman–Crippen MR) is 76.5 cm³/mol. The number of rotatable bonds is 7. The highest BCUT2D eigenvalue weighted by atomic mass is 16.5. The summed E-state index contributed by atoms with van der Waals surface area (Å²) in [5, 5.41) is 12.8. The maximum Gasteiger partial charge on any atom is 0.339 e.